The highest BCUT2D eigenvalue weighted by Gasteiger charge is 2.31. The maximum Gasteiger partial charge on any atom is 0.316 e. The normalized spacial score (nSPS) is 16.7. The minimum atomic E-state index is -0.652. The standard InChI is InChI=1S/C27H26N8O3/c1-38-27-32-12-16(13-33-27)19-7-8-23(36)20-11-18(35(15-22(19)20)17-5-3-2-4-6-17)9-10-30-25-21(24(28)37)14-31-26(29)34-25/h2-7,11-15,18H,8-10H2,1H3,(H2,28,37)(H3,29,30,31,34)/t18-/m0/s1. The molecule has 0 spiro atoms. The van der Waals surface area contributed by atoms with E-state index in [-0.39, 0.29) is 41.6 Å². The molecule has 38 heavy (non-hydrogen) atoms. The molecule has 1 aliphatic carbocycles. The first-order valence-electron chi connectivity index (χ1n) is 12.0. The van der Waals surface area contributed by atoms with Crippen molar-refractivity contribution in [3.05, 3.63) is 89.5 Å². The van der Waals surface area contributed by atoms with Crippen molar-refractivity contribution in [2.75, 3.05) is 29.6 Å². The van der Waals surface area contributed by atoms with Crippen molar-refractivity contribution in [2.45, 2.75) is 18.9 Å². The first-order chi connectivity index (χ1) is 18.4. The lowest BCUT2D eigenvalue weighted by Gasteiger charge is -2.36. The number of benzene rings is 1. The topological polar surface area (TPSA) is 162 Å². The number of primary amides is 1. The number of methoxy groups -OCH3 is 1. The van der Waals surface area contributed by atoms with Crippen molar-refractivity contribution in [1.29, 1.82) is 0 Å². The van der Waals surface area contributed by atoms with Gasteiger partial charge in [0, 0.05) is 60.2 Å². The van der Waals surface area contributed by atoms with Gasteiger partial charge in [-0.15, -0.1) is 0 Å². The molecule has 0 radical (unpaired) electrons. The van der Waals surface area contributed by atoms with Crippen LogP contribution in [0.1, 0.15) is 28.8 Å². The van der Waals surface area contributed by atoms with E-state index in [9.17, 15) is 9.59 Å². The minimum Gasteiger partial charge on any atom is -0.467 e. The van der Waals surface area contributed by atoms with Crippen molar-refractivity contribution in [3.8, 4) is 6.01 Å². The number of allylic oxidation sites excluding steroid dienone is 4. The zero-order valence-electron chi connectivity index (χ0n) is 20.7. The number of nitrogens with two attached hydrogens (primary N) is 2. The molecule has 5 rings (SSSR count). The van der Waals surface area contributed by atoms with Crippen molar-refractivity contribution in [2.24, 2.45) is 5.73 Å². The van der Waals surface area contributed by atoms with Crippen LogP contribution in [0.5, 0.6) is 6.01 Å². The number of carbonyl (C=O) groups is 2. The summed E-state index contributed by atoms with van der Waals surface area (Å²) in [5, 5.41) is 3.15. The molecule has 192 valence electrons. The van der Waals surface area contributed by atoms with Crippen LogP contribution in [-0.4, -0.2) is 51.3 Å². The molecule has 0 bridgehead atoms. The zero-order valence-corrected chi connectivity index (χ0v) is 20.7. The molecule has 2 aliphatic rings. The number of rotatable bonds is 8. The van der Waals surface area contributed by atoms with Gasteiger partial charge in [-0.25, -0.2) is 15.0 Å². The number of aromatic nitrogens is 4. The van der Waals surface area contributed by atoms with E-state index in [1.54, 1.807) is 12.4 Å². The molecule has 0 unspecified atom stereocenters. The minimum absolute atomic E-state index is 0.0328. The van der Waals surface area contributed by atoms with Crippen molar-refractivity contribution in [1.82, 2.24) is 19.9 Å². The van der Waals surface area contributed by atoms with Crippen molar-refractivity contribution >= 4 is 34.7 Å². The highest BCUT2D eigenvalue weighted by Crippen LogP contribution is 2.39. The van der Waals surface area contributed by atoms with Gasteiger partial charge < -0.3 is 26.4 Å². The van der Waals surface area contributed by atoms with Gasteiger partial charge in [0.2, 0.25) is 5.95 Å². The van der Waals surface area contributed by atoms with Gasteiger partial charge in [0.05, 0.1) is 18.7 Å². The SMILES string of the molecule is COc1ncc(C2=CCC(=O)C3=C[C@H](CCNc4nc(N)ncc4C(N)=O)N(c4ccccc4)C=C32)cn1. The molecule has 11 nitrogen and oxygen atoms in total. The second kappa shape index (κ2) is 10.5. The summed E-state index contributed by atoms with van der Waals surface area (Å²) in [6, 6.07) is 10.0. The number of amides is 1. The first kappa shape index (κ1) is 24.6. The number of para-hydroxylation sites is 1. The number of nitrogens with one attached hydrogen (secondary N) is 1. The maximum atomic E-state index is 13.0. The Hall–Kier alpha value is -5.06. The van der Waals surface area contributed by atoms with Gasteiger partial charge in [-0.1, -0.05) is 30.4 Å². The molecule has 5 N–H and O–H groups in total. The lowest BCUT2D eigenvalue weighted by molar-refractivity contribution is -0.114. The summed E-state index contributed by atoms with van der Waals surface area (Å²) in [6.45, 7) is 0.431. The zero-order chi connectivity index (χ0) is 26.6. The highest BCUT2D eigenvalue weighted by molar-refractivity contribution is 6.10. The number of anilines is 3. The number of ketones is 1. The highest BCUT2D eigenvalue weighted by atomic mass is 16.5. The molecule has 1 aromatic carbocycles. The fourth-order valence-electron chi connectivity index (χ4n) is 4.51. The summed E-state index contributed by atoms with van der Waals surface area (Å²) in [5.41, 5.74) is 15.4. The van der Waals surface area contributed by atoms with E-state index in [0.717, 1.165) is 22.4 Å². The summed E-state index contributed by atoms with van der Waals surface area (Å²) >= 11 is 0. The van der Waals surface area contributed by atoms with Crippen LogP contribution in [0, 0.1) is 0 Å². The summed E-state index contributed by atoms with van der Waals surface area (Å²) < 4.78 is 5.09. The number of carbonyl (C=O) groups excluding carboxylic acids is 2. The van der Waals surface area contributed by atoms with E-state index in [1.165, 1.54) is 13.3 Å². The Labute approximate surface area is 219 Å². The van der Waals surface area contributed by atoms with Gasteiger partial charge in [0.1, 0.15) is 5.82 Å². The van der Waals surface area contributed by atoms with Crippen molar-refractivity contribution in [3.63, 3.8) is 0 Å². The molecule has 3 aromatic rings. The van der Waals surface area contributed by atoms with Crippen LogP contribution in [0.3, 0.4) is 0 Å². The van der Waals surface area contributed by atoms with Crippen molar-refractivity contribution < 1.29 is 14.3 Å². The molecular formula is C27H26N8O3. The average Bonchev–Trinajstić information content (AvgIpc) is 2.93. The van der Waals surface area contributed by atoms with E-state index >= 15 is 0 Å². The molecule has 0 fully saturated rings. The van der Waals surface area contributed by atoms with Gasteiger partial charge >= 0.3 is 6.01 Å². The van der Waals surface area contributed by atoms with Crippen LogP contribution >= 0.6 is 0 Å². The number of Topliss-reactive ketones (excluding diaryl/α,β-unsaturated/α-hetero) is 1. The summed E-state index contributed by atoms with van der Waals surface area (Å²) in [5.74, 6) is -0.306. The van der Waals surface area contributed by atoms with Crippen LogP contribution in [0.2, 0.25) is 0 Å². The molecule has 1 aliphatic heterocycles. The first-order valence-corrected chi connectivity index (χ1v) is 12.0. The van der Waals surface area contributed by atoms with E-state index in [4.69, 9.17) is 16.2 Å². The fraction of sp³-hybridized carbons (Fsp3) is 0.185. The number of ether oxygens (including phenoxy) is 1. The Kier molecular flexibility index (Phi) is 6.81. The molecule has 0 saturated heterocycles. The third kappa shape index (κ3) is 4.94. The summed E-state index contributed by atoms with van der Waals surface area (Å²) in [6.07, 6.45) is 11.5. The van der Waals surface area contributed by atoms with Gasteiger partial charge in [-0.2, -0.15) is 4.98 Å². The largest absolute Gasteiger partial charge is 0.467 e. The molecule has 2 aromatic heterocycles. The molecule has 1 amide bonds. The molecule has 1 atom stereocenters. The Balaban J connectivity index is 1.45. The van der Waals surface area contributed by atoms with E-state index in [0.29, 0.717) is 18.5 Å². The Bertz CT molecular complexity index is 1470. The second-order valence-corrected chi connectivity index (χ2v) is 8.71. The molecular weight excluding hydrogens is 484 g/mol. The van der Waals surface area contributed by atoms with E-state index in [2.05, 4.69) is 30.2 Å². The van der Waals surface area contributed by atoms with Crippen LogP contribution < -0.4 is 26.4 Å². The lowest BCUT2D eigenvalue weighted by atomic mass is 9.82. The average molecular weight is 511 g/mol. The predicted molar refractivity (Wildman–Crippen MR) is 143 cm³/mol. The summed E-state index contributed by atoms with van der Waals surface area (Å²) in [7, 11) is 1.51. The van der Waals surface area contributed by atoms with E-state index in [1.807, 2.05) is 48.7 Å². The lowest BCUT2D eigenvalue weighted by Crippen LogP contribution is -2.36. The number of hydrogen-bond donors (Lipinski definition) is 3. The molecule has 0 saturated carbocycles. The molecule has 3 heterocycles. The van der Waals surface area contributed by atoms with Crippen LogP contribution in [0.25, 0.3) is 5.57 Å². The number of nitrogens with zero attached hydrogens (tertiary/aromatic N) is 5. The Morgan fingerprint density at radius 2 is 1.87 bits per heavy atom. The molecule has 11 heteroatoms. The smallest absolute Gasteiger partial charge is 0.316 e. The predicted octanol–water partition coefficient (Wildman–Crippen LogP) is 2.51. The monoisotopic (exact) mass is 510 g/mol. The van der Waals surface area contributed by atoms with Crippen LogP contribution in [0.4, 0.5) is 17.5 Å². The second-order valence-electron chi connectivity index (χ2n) is 8.71. The Morgan fingerprint density at radius 3 is 2.58 bits per heavy atom. The van der Waals surface area contributed by atoms with E-state index < -0.39 is 5.91 Å². The quantitative estimate of drug-likeness (QED) is 0.410. The van der Waals surface area contributed by atoms with Gasteiger partial charge in [0.15, 0.2) is 5.78 Å². The van der Waals surface area contributed by atoms with Crippen LogP contribution in [0.15, 0.2) is 78.4 Å². The number of nitrogen functional groups attached to an aromatic ring is 1. The van der Waals surface area contributed by atoms with Gasteiger partial charge in [0.25, 0.3) is 5.91 Å². The third-order valence-electron chi connectivity index (χ3n) is 6.34. The third-order valence-corrected chi connectivity index (χ3v) is 6.34. The Morgan fingerprint density at radius 1 is 1.11 bits per heavy atom. The van der Waals surface area contributed by atoms with Crippen LogP contribution in [-0.2, 0) is 4.79 Å². The van der Waals surface area contributed by atoms with Gasteiger partial charge in [-0.05, 0) is 24.1 Å². The number of hydrogen-bond acceptors (Lipinski definition) is 10. The number of fused-ring (bicyclic) bond motifs is 1. The maximum absolute atomic E-state index is 13.0. The summed E-state index contributed by atoms with van der Waals surface area (Å²) in [4.78, 5) is 43.4. The van der Waals surface area contributed by atoms with Gasteiger partial charge in [-0.3, -0.25) is 9.59 Å². The fourth-order valence-corrected chi connectivity index (χ4v) is 4.51.